The Morgan fingerprint density at radius 1 is 1.12 bits per heavy atom. The van der Waals surface area contributed by atoms with Gasteiger partial charge in [-0.1, -0.05) is 48.0 Å². The van der Waals surface area contributed by atoms with Gasteiger partial charge in [0.2, 0.25) is 0 Å². The van der Waals surface area contributed by atoms with Gasteiger partial charge in [0.25, 0.3) is 15.7 Å². The van der Waals surface area contributed by atoms with E-state index in [4.69, 9.17) is 4.18 Å². The number of aryl methyl sites for hydroxylation is 1. The van der Waals surface area contributed by atoms with Crippen LogP contribution >= 0.6 is 0 Å². The molecule has 1 unspecified atom stereocenters. The highest BCUT2D eigenvalue weighted by atomic mass is 32.2. The number of aliphatic hydroxyl groups excluding tert-OH is 1. The molecular weight excluding hydrogens is 473 g/mol. The highest BCUT2D eigenvalue weighted by molar-refractivity contribution is 7.86. The van der Waals surface area contributed by atoms with Crippen LogP contribution in [0.1, 0.15) is 16.7 Å². The molecule has 0 aliphatic carbocycles. The van der Waals surface area contributed by atoms with Gasteiger partial charge in [-0.15, -0.1) is 0 Å². The Labute approximate surface area is 193 Å². The minimum Gasteiger partial charge on any atom is -0.389 e. The molecule has 178 valence electrons. The van der Waals surface area contributed by atoms with Gasteiger partial charge in [0, 0.05) is 0 Å². The summed E-state index contributed by atoms with van der Waals surface area (Å²) in [5.41, 5.74) is -2.94. The predicted octanol–water partition coefficient (Wildman–Crippen LogP) is 3.48. The van der Waals surface area contributed by atoms with Gasteiger partial charge in [-0.2, -0.15) is 26.9 Å². The molecule has 2 aromatic carbocycles. The fraction of sp³-hybridized carbons (Fsp3) is 0.217. The summed E-state index contributed by atoms with van der Waals surface area (Å²) in [5, 5.41) is 19.6. The van der Waals surface area contributed by atoms with E-state index in [1.54, 1.807) is 37.3 Å². The highest BCUT2D eigenvalue weighted by Gasteiger charge is 2.36. The molecule has 0 aliphatic rings. The molecule has 0 fully saturated rings. The van der Waals surface area contributed by atoms with Crippen LogP contribution in [0.15, 0.2) is 70.4 Å². The molecule has 0 bridgehead atoms. The second kappa shape index (κ2) is 9.80. The zero-order valence-corrected chi connectivity index (χ0v) is 18.6. The molecule has 1 heterocycles. The number of pyridine rings is 1. The van der Waals surface area contributed by atoms with E-state index in [2.05, 4.69) is 0 Å². The number of halogens is 3. The summed E-state index contributed by atoms with van der Waals surface area (Å²) in [6.07, 6.45) is -6.56. The second-order valence-corrected chi connectivity index (χ2v) is 9.03. The summed E-state index contributed by atoms with van der Waals surface area (Å²) in [6.45, 7) is 0.391. The van der Waals surface area contributed by atoms with Crippen molar-refractivity contribution in [3.63, 3.8) is 0 Å². The molecule has 0 saturated heterocycles. The van der Waals surface area contributed by atoms with E-state index in [1.807, 2.05) is 0 Å². The highest BCUT2D eigenvalue weighted by Crippen LogP contribution is 2.33. The van der Waals surface area contributed by atoms with E-state index in [0.717, 1.165) is 10.1 Å². The van der Waals surface area contributed by atoms with Crippen molar-refractivity contribution < 1.29 is 30.9 Å². The average molecular weight is 492 g/mol. The van der Waals surface area contributed by atoms with Crippen LogP contribution in [0.25, 0.3) is 11.3 Å². The van der Waals surface area contributed by atoms with Crippen molar-refractivity contribution >= 4 is 10.1 Å². The normalized spacial score (nSPS) is 12.8. The smallest absolute Gasteiger partial charge is 0.389 e. The van der Waals surface area contributed by atoms with Crippen LogP contribution in [0.3, 0.4) is 0 Å². The Morgan fingerprint density at radius 2 is 1.74 bits per heavy atom. The lowest BCUT2D eigenvalue weighted by Crippen LogP contribution is -2.34. The molecule has 0 saturated carbocycles. The molecule has 1 atom stereocenters. The zero-order chi connectivity index (χ0) is 25.1. The summed E-state index contributed by atoms with van der Waals surface area (Å²) in [5.74, 6) is 0. The van der Waals surface area contributed by atoms with Crippen LogP contribution in [0.5, 0.6) is 0 Å². The lowest BCUT2D eigenvalue weighted by Gasteiger charge is -2.20. The molecule has 7 nitrogen and oxygen atoms in total. The number of nitrogens with zero attached hydrogens (tertiary/aromatic N) is 2. The first-order valence-electron chi connectivity index (χ1n) is 9.89. The van der Waals surface area contributed by atoms with E-state index < -0.39 is 52.2 Å². The van der Waals surface area contributed by atoms with Gasteiger partial charge in [-0.05, 0) is 30.7 Å². The van der Waals surface area contributed by atoms with Crippen molar-refractivity contribution in [2.45, 2.75) is 30.6 Å². The number of benzene rings is 2. The Morgan fingerprint density at radius 3 is 2.29 bits per heavy atom. The van der Waals surface area contributed by atoms with Gasteiger partial charge in [0.15, 0.2) is 0 Å². The lowest BCUT2D eigenvalue weighted by molar-refractivity contribution is -0.137. The number of alkyl halides is 3. The van der Waals surface area contributed by atoms with E-state index in [-0.39, 0.29) is 16.2 Å². The second-order valence-electron chi connectivity index (χ2n) is 7.42. The molecule has 0 aliphatic heterocycles. The third-order valence-electron chi connectivity index (χ3n) is 4.91. The van der Waals surface area contributed by atoms with E-state index in [9.17, 15) is 36.8 Å². The van der Waals surface area contributed by atoms with Gasteiger partial charge in [0.1, 0.15) is 11.6 Å². The molecule has 0 spiro atoms. The number of hydrogen-bond acceptors (Lipinski definition) is 6. The number of nitriles is 1. The summed E-state index contributed by atoms with van der Waals surface area (Å²) < 4.78 is 70.9. The Hall–Kier alpha value is -3.46. The molecule has 3 rings (SSSR count). The largest absolute Gasteiger partial charge is 0.417 e. The molecule has 3 aromatic rings. The third-order valence-corrected chi connectivity index (χ3v) is 6.20. The van der Waals surface area contributed by atoms with Crippen molar-refractivity contribution in [3.05, 3.63) is 87.7 Å². The molecule has 1 aromatic heterocycles. The maximum atomic E-state index is 13.5. The third kappa shape index (κ3) is 5.53. The predicted molar refractivity (Wildman–Crippen MR) is 116 cm³/mol. The van der Waals surface area contributed by atoms with Crippen LogP contribution in [0, 0.1) is 18.3 Å². The van der Waals surface area contributed by atoms with Crippen LogP contribution in [-0.2, 0) is 27.0 Å². The standard InChI is InChI=1S/C23H19F3N2O5S/c1-15-7-9-18(10-8-15)34(31,32)33-14-17(29)13-28-21(16-5-3-2-4-6-16)11-20(23(24,25)26)19(12-27)22(28)30/h2-11,17,29H,13-14H2,1H3. The van der Waals surface area contributed by atoms with Crippen molar-refractivity contribution in [3.8, 4) is 17.3 Å². The summed E-state index contributed by atoms with van der Waals surface area (Å²) in [6, 6.07) is 15.3. The van der Waals surface area contributed by atoms with Crippen molar-refractivity contribution in [1.29, 1.82) is 5.26 Å². The fourth-order valence-electron chi connectivity index (χ4n) is 3.21. The first-order valence-corrected chi connectivity index (χ1v) is 11.3. The minimum atomic E-state index is -4.96. The molecule has 0 radical (unpaired) electrons. The van der Waals surface area contributed by atoms with Crippen molar-refractivity contribution in [2.75, 3.05) is 6.61 Å². The van der Waals surface area contributed by atoms with Crippen molar-refractivity contribution in [1.82, 2.24) is 4.57 Å². The molecule has 34 heavy (non-hydrogen) atoms. The molecule has 0 amide bonds. The van der Waals surface area contributed by atoms with E-state index in [1.165, 1.54) is 30.3 Å². The molecular formula is C23H19F3N2O5S. The molecule has 11 heteroatoms. The lowest BCUT2D eigenvalue weighted by atomic mass is 10.0. The van der Waals surface area contributed by atoms with Gasteiger partial charge in [-0.3, -0.25) is 8.98 Å². The van der Waals surface area contributed by atoms with Gasteiger partial charge in [0.05, 0.1) is 35.4 Å². The summed E-state index contributed by atoms with van der Waals surface area (Å²) in [4.78, 5) is 12.7. The number of aliphatic hydroxyl groups is 1. The van der Waals surface area contributed by atoms with Crippen LogP contribution in [0.4, 0.5) is 13.2 Å². The fourth-order valence-corrected chi connectivity index (χ4v) is 4.15. The number of rotatable bonds is 7. The quantitative estimate of drug-likeness (QED) is 0.506. The SMILES string of the molecule is Cc1ccc(S(=O)(=O)OCC(O)Cn2c(-c3ccccc3)cc(C(F)(F)F)c(C#N)c2=O)cc1. The molecule has 1 N–H and O–H groups in total. The minimum absolute atomic E-state index is 0.145. The maximum Gasteiger partial charge on any atom is 0.417 e. The summed E-state index contributed by atoms with van der Waals surface area (Å²) >= 11 is 0. The van der Waals surface area contributed by atoms with Crippen LogP contribution in [-0.4, -0.2) is 30.8 Å². The Balaban J connectivity index is 1.96. The van der Waals surface area contributed by atoms with Crippen molar-refractivity contribution in [2.24, 2.45) is 0 Å². The van der Waals surface area contributed by atoms with Gasteiger partial charge < -0.3 is 9.67 Å². The van der Waals surface area contributed by atoms with Crippen LogP contribution < -0.4 is 5.56 Å². The van der Waals surface area contributed by atoms with E-state index >= 15 is 0 Å². The topological polar surface area (TPSA) is 109 Å². The Bertz CT molecular complexity index is 1380. The van der Waals surface area contributed by atoms with E-state index in [0.29, 0.717) is 6.07 Å². The first kappa shape index (κ1) is 25.2. The van der Waals surface area contributed by atoms with Gasteiger partial charge in [-0.25, -0.2) is 0 Å². The average Bonchev–Trinajstić information content (AvgIpc) is 2.79. The van der Waals surface area contributed by atoms with Gasteiger partial charge >= 0.3 is 6.18 Å². The monoisotopic (exact) mass is 492 g/mol. The van der Waals surface area contributed by atoms with Crippen LogP contribution in [0.2, 0.25) is 0 Å². The first-order chi connectivity index (χ1) is 15.9. The Kier molecular flexibility index (Phi) is 7.26. The maximum absolute atomic E-state index is 13.5. The zero-order valence-electron chi connectivity index (χ0n) is 17.8. The number of hydrogen-bond donors (Lipinski definition) is 1. The summed E-state index contributed by atoms with van der Waals surface area (Å²) in [7, 11) is -4.22. The number of aromatic nitrogens is 1.